The zero-order valence-corrected chi connectivity index (χ0v) is 10.2. The molecule has 0 radical (unpaired) electrons. The van der Waals surface area contributed by atoms with Crippen LogP contribution in [0.25, 0.3) is 10.8 Å². The van der Waals surface area contributed by atoms with Gasteiger partial charge in [0, 0.05) is 0 Å². The van der Waals surface area contributed by atoms with Crippen molar-refractivity contribution in [2.24, 2.45) is 0 Å². The van der Waals surface area contributed by atoms with Gasteiger partial charge in [-0.15, -0.1) is 0 Å². The zero-order chi connectivity index (χ0) is 13.1. The fourth-order valence-corrected chi connectivity index (χ4v) is 1.83. The quantitative estimate of drug-likeness (QED) is 0.778. The maximum absolute atomic E-state index is 8.89. The second-order valence-corrected chi connectivity index (χ2v) is 4.12. The molecule has 3 rings (SSSR count). The van der Waals surface area contributed by atoms with Gasteiger partial charge in [-0.1, -0.05) is 30.3 Å². The van der Waals surface area contributed by atoms with Crippen molar-refractivity contribution in [2.45, 2.75) is 6.61 Å². The number of ether oxygens (including phenoxy) is 1. The van der Waals surface area contributed by atoms with E-state index in [0.29, 0.717) is 17.3 Å². The van der Waals surface area contributed by atoms with Crippen molar-refractivity contribution >= 4 is 10.8 Å². The number of aliphatic hydroxyl groups excluding tert-OH is 1. The van der Waals surface area contributed by atoms with Crippen LogP contribution >= 0.6 is 0 Å². The number of hydrogen-bond acceptors (Lipinski definition) is 4. The van der Waals surface area contributed by atoms with E-state index >= 15 is 0 Å². The molecule has 0 fully saturated rings. The van der Waals surface area contributed by atoms with Gasteiger partial charge in [-0.05, 0) is 22.9 Å². The summed E-state index contributed by atoms with van der Waals surface area (Å²) in [7, 11) is 0. The van der Waals surface area contributed by atoms with Gasteiger partial charge in [-0.25, -0.2) is 4.98 Å². The SMILES string of the molecule is OCc1cnc(Oc2ccc3ccccc3c2)cn1. The molecule has 0 spiro atoms. The summed E-state index contributed by atoms with van der Waals surface area (Å²) in [5, 5.41) is 11.2. The first-order valence-electron chi connectivity index (χ1n) is 5.93. The molecule has 4 heteroatoms. The highest BCUT2D eigenvalue weighted by atomic mass is 16.5. The van der Waals surface area contributed by atoms with E-state index in [2.05, 4.69) is 16.0 Å². The average molecular weight is 252 g/mol. The average Bonchev–Trinajstić information content (AvgIpc) is 2.48. The molecule has 2 aromatic carbocycles. The Morgan fingerprint density at radius 3 is 2.53 bits per heavy atom. The fourth-order valence-electron chi connectivity index (χ4n) is 1.83. The Labute approximate surface area is 110 Å². The highest BCUT2D eigenvalue weighted by molar-refractivity contribution is 5.83. The molecular weight excluding hydrogens is 240 g/mol. The van der Waals surface area contributed by atoms with Gasteiger partial charge in [0.1, 0.15) is 5.75 Å². The Morgan fingerprint density at radius 2 is 1.79 bits per heavy atom. The van der Waals surface area contributed by atoms with E-state index in [4.69, 9.17) is 9.84 Å². The second-order valence-electron chi connectivity index (χ2n) is 4.12. The summed E-state index contributed by atoms with van der Waals surface area (Å²) < 4.78 is 5.63. The molecule has 0 saturated carbocycles. The Kier molecular flexibility index (Phi) is 3.08. The standard InChI is InChI=1S/C15H12N2O2/c18-10-13-8-17-15(9-16-13)19-14-6-5-11-3-1-2-4-12(11)7-14/h1-9,18H,10H2. The van der Waals surface area contributed by atoms with Gasteiger partial charge >= 0.3 is 0 Å². The number of hydrogen-bond donors (Lipinski definition) is 1. The summed E-state index contributed by atoms with van der Waals surface area (Å²) in [6, 6.07) is 13.9. The van der Waals surface area contributed by atoms with Crippen molar-refractivity contribution < 1.29 is 9.84 Å². The molecule has 0 saturated heterocycles. The molecule has 1 N–H and O–H groups in total. The van der Waals surface area contributed by atoms with Crippen LogP contribution in [0.15, 0.2) is 54.9 Å². The summed E-state index contributed by atoms with van der Waals surface area (Å²) in [6.45, 7) is -0.122. The molecule has 1 heterocycles. The maximum atomic E-state index is 8.89. The van der Waals surface area contributed by atoms with E-state index in [1.54, 1.807) is 0 Å². The predicted octanol–water partition coefficient (Wildman–Crippen LogP) is 2.91. The number of fused-ring (bicyclic) bond motifs is 1. The van der Waals surface area contributed by atoms with Crippen molar-refractivity contribution in [3.05, 3.63) is 60.6 Å². The van der Waals surface area contributed by atoms with Gasteiger partial charge in [-0.2, -0.15) is 0 Å². The zero-order valence-electron chi connectivity index (χ0n) is 10.2. The molecule has 0 unspecified atom stereocenters. The normalized spacial score (nSPS) is 10.6. The molecule has 0 aliphatic carbocycles. The molecule has 3 aromatic rings. The van der Waals surface area contributed by atoms with Gasteiger partial charge in [0.05, 0.1) is 24.7 Å². The first-order valence-corrected chi connectivity index (χ1v) is 5.93. The minimum absolute atomic E-state index is 0.122. The molecule has 19 heavy (non-hydrogen) atoms. The largest absolute Gasteiger partial charge is 0.437 e. The van der Waals surface area contributed by atoms with Gasteiger partial charge in [0.25, 0.3) is 0 Å². The van der Waals surface area contributed by atoms with Crippen molar-refractivity contribution in [3.63, 3.8) is 0 Å². The number of nitrogens with zero attached hydrogens (tertiary/aromatic N) is 2. The van der Waals surface area contributed by atoms with Gasteiger partial charge < -0.3 is 9.84 Å². The molecular formula is C15H12N2O2. The Morgan fingerprint density at radius 1 is 0.947 bits per heavy atom. The van der Waals surface area contributed by atoms with Gasteiger partial charge in [0.2, 0.25) is 5.88 Å². The summed E-state index contributed by atoms with van der Waals surface area (Å²) in [6.07, 6.45) is 3.00. The van der Waals surface area contributed by atoms with Crippen LogP contribution in [0.4, 0.5) is 0 Å². The summed E-state index contributed by atoms with van der Waals surface area (Å²) >= 11 is 0. The lowest BCUT2D eigenvalue weighted by Gasteiger charge is -2.06. The lowest BCUT2D eigenvalue weighted by Crippen LogP contribution is -1.93. The third kappa shape index (κ3) is 2.53. The molecule has 0 aliphatic heterocycles. The third-order valence-corrected chi connectivity index (χ3v) is 2.79. The van der Waals surface area contributed by atoms with E-state index in [0.717, 1.165) is 10.8 Å². The molecule has 0 atom stereocenters. The van der Waals surface area contributed by atoms with E-state index in [1.807, 2.05) is 36.4 Å². The lowest BCUT2D eigenvalue weighted by atomic mass is 10.1. The molecule has 0 amide bonds. The Balaban J connectivity index is 1.87. The highest BCUT2D eigenvalue weighted by Gasteiger charge is 2.01. The molecule has 0 bridgehead atoms. The Hall–Kier alpha value is -2.46. The van der Waals surface area contributed by atoms with Crippen molar-refractivity contribution in [2.75, 3.05) is 0 Å². The van der Waals surface area contributed by atoms with Crippen LogP contribution < -0.4 is 4.74 Å². The highest BCUT2D eigenvalue weighted by Crippen LogP contribution is 2.24. The predicted molar refractivity (Wildman–Crippen MR) is 72.0 cm³/mol. The minimum atomic E-state index is -0.122. The van der Waals surface area contributed by atoms with E-state index in [9.17, 15) is 0 Å². The van der Waals surface area contributed by atoms with Crippen LogP contribution in [-0.2, 0) is 6.61 Å². The summed E-state index contributed by atoms with van der Waals surface area (Å²) in [5.41, 5.74) is 0.519. The second kappa shape index (κ2) is 5.04. The van der Waals surface area contributed by atoms with Gasteiger partial charge in [-0.3, -0.25) is 4.98 Å². The minimum Gasteiger partial charge on any atom is -0.437 e. The van der Waals surface area contributed by atoms with Crippen molar-refractivity contribution in [3.8, 4) is 11.6 Å². The monoisotopic (exact) mass is 252 g/mol. The first-order chi connectivity index (χ1) is 9.35. The first kappa shape index (κ1) is 11.6. The molecule has 4 nitrogen and oxygen atoms in total. The van der Waals surface area contributed by atoms with Crippen LogP contribution in [0, 0.1) is 0 Å². The topological polar surface area (TPSA) is 55.2 Å². The van der Waals surface area contributed by atoms with Crippen LogP contribution in [0.3, 0.4) is 0 Å². The number of aliphatic hydroxyl groups is 1. The van der Waals surface area contributed by atoms with Gasteiger partial charge in [0.15, 0.2) is 0 Å². The maximum Gasteiger partial charge on any atom is 0.237 e. The van der Waals surface area contributed by atoms with Crippen LogP contribution in [0.2, 0.25) is 0 Å². The molecule has 94 valence electrons. The lowest BCUT2D eigenvalue weighted by molar-refractivity contribution is 0.276. The smallest absolute Gasteiger partial charge is 0.237 e. The van der Waals surface area contributed by atoms with Crippen LogP contribution in [-0.4, -0.2) is 15.1 Å². The van der Waals surface area contributed by atoms with Crippen molar-refractivity contribution in [1.29, 1.82) is 0 Å². The third-order valence-electron chi connectivity index (χ3n) is 2.79. The molecule has 1 aromatic heterocycles. The van der Waals surface area contributed by atoms with Crippen LogP contribution in [0.1, 0.15) is 5.69 Å². The number of benzene rings is 2. The molecule has 0 aliphatic rings. The summed E-state index contributed by atoms with van der Waals surface area (Å²) in [4.78, 5) is 8.10. The van der Waals surface area contributed by atoms with E-state index in [-0.39, 0.29) is 6.61 Å². The van der Waals surface area contributed by atoms with E-state index < -0.39 is 0 Å². The fraction of sp³-hybridized carbons (Fsp3) is 0.0667. The van der Waals surface area contributed by atoms with E-state index in [1.165, 1.54) is 12.4 Å². The Bertz CT molecular complexity index is 696. The summed E-state index contributed by atoms with van der Waals surface area (Å²) in [5.74, 6) is 1.12. The van der Waals surface area contributed by atoms with Crippen molar-refractivity contribution in [1.82, 2.24) is 9.97 Å². The number of rotatable bonds is 3. The van der Waals surface area contributed by atoms with Crippen LogP contribution in [0.5, 0.6) is 11.6 Å². The number of aromatic nitrogens is 2.